The lowest BCUT2D eigenvalue weighted by molar-refractivity contribution is -0.138. The summed E-state index contributed by atoms with van der Waals surface area (Å²) in [6.07, 6.45) is -3.90. The number of hydrogen-bond donors (Lipinski definition) is 2. The normalized spacial score (nSPS) is 12.3. The maximum absolute atomic E-state index is 12.8. The molecule has 0 amide bonds. The van der Waals surface area contributed by atoms with Crippen molar-refractivity contribution in [1.82, 2.24) is 0 Å². The summed E-state index contributed by atoms with van der Waals surface area (Å²) in [5.41, 5.74) is -1.53. The molecule has 0 heterocycles. The van der Waals surface area contributed by atoms with Crippen LogP contribution in [0.5, 0.6) is 0 Å². The lowest BCUT2D eigenvalue weighted by Gasteiger charge is -2.19. The number of carboxylic acid groups (broad SMARTS) is 1. The van der Waals surface area contributed by atoms with Crippen LogP contribution in [0.3, 0.4) is 0 Å². The molecule has 0 saturated heterocycles. The van der Waals surface area contributed by atoms with Crippen molar-refractivity contribution < 1.29 is 23.1 Å². The van der Waals surface area contributed by atoms with E-state index < -0.39 is 23.3 Å². The maximum Gasteiger partial charge on any atom is 0.417 e. The molecule has 0 fully saturated rings. The average molecular weight is 289 g/mol. The Balaban J connectivity index is 2.93. The highest BCUT2D eigenvalue weighted by atomic mass is 19.4. The lowest BCUT2D eigenvalue weighted by Crippen LogP contribution is -2.15. The number of anilines is 1. The SMILES string of the molecule is CC(C)(C)CCNc1ccc(C(=O)O)c(C(F)(F)F)c1. The van der Waals surface area contributed by atoms with Gasteiger partial charge in [0.25, 0.3) is 0 Å². The molecule has 112 valence electrons. The molecular weight excluding hydrogens is 271 g/mol. The van der Waals surface area contributed by atoms with Crippen molar-refractivity contribution in [2.24, 2.45) is 5.41 Å². The second-order valence-electron chi connectivity index (χ2n) is 5.80. The molecule has 1 rings (SSSR count). The summed E-state index contributed by atoms with van der Waals surface area (Å²) < 4.78 is 38.4. The van der Waals surface area contributed by atoms with Gasteiger partial charge in [-0.25, -0.2) is 4.79 Å². The lowest BCUT2D eigenvalue weighted by atomic mass is 9.92. The number of alkyl halides is 3. The number of halogens is 3. The molecule has 1 aromatic carbocycles. The molecule has 0 aliphatic heterocycles. The average Bonchev–Trinajstić information content (AvgIpc) is 2.25. The fourth-order valence-electron chi connectivity index (χ4n) is 1.66. The van der Waals surface area contributed by atoms with Gasteiger partial charge in [0.1, 0.15) is 0 Å². The summed E-state index contributed by atoms with van der Waals surface area (Å²) in [5, 5.41) is 11.7. The van der Waals surface area contributed by atoms with E-state index >= 15 is 0 Å². The van der Waals surface area contributed by atoms with Crippen LogP contribution < -0.4 is 5.32 Å². The topological polar surface area (TPSA) is 49.3 Å². The summed E-state index contributed by atoms with van der Waals surface area (Å²) in [4.78, 5) is 10.8. The fourth-order valence-corrected chi connectivity index (χ4v) is 1.66. The van der Waals surface area contributed by atoms with Crippen LogP contribution in [0.25, 0.3) is 0 Å². The first-order valence-electron chi connectivity index (χ1n) is 6.19. The van der Waals surface area contributed by atoms with Gasteiger partial charge in [-0.3, -0.25) is 0 Å². The van der Waals surface area contributed by atoms with E-state index in [0.29, 0.717) is 6.54 Å². The summed E-state index contributed by atoms with van der Waals surface area (Å²) in [6, 6.07) is 3.16. The van der Waals surface area contributed by atoms with Crippen molar-refractivity contribution in [3.63, 3.8) is 0 Å². The van der Waals surface area contributed by atoms with Crippen LogP contribution in [-0.2, 0) is 6.18 Å². The standard InChI is InChI=1S/C14H18F3NO2/c1-13(2,3)6-7-18-9-4-5-10(12(19)20)11(8-9)14(15,16)17/h4-5,8,18H,6-7H2,1-3H3,(H,19,20). The zero-order chi connectivity index (χ0) is 15.6. The van der Waals surface area contributed by atoms with E-state index in [-0.39, 0.29) is 11.1 Å². The van der Waals surface area contributed by atoms with Crippen LogP contribution in [0.1, 0.15) is 43.1 Å². The van der Waals surface area contributed by atoms with Gasteiger partial charge in [0.05, 0.1) is 11.1 Å². The largest absolute Gasteiger partial charge is 0.478 e. The first-order valence-corrected chi connectivity index (χ1v) is 6.19. The van der Waals surface area contributed by atoms with E-state index in [0.717, 1.165) is 18.6 Å². The quantitative estimate of drug-likeness (QED) is 0.871. The third-order valence-corrected chi connectivity index (χ3v) is 2.76. The molecule has 2 N–H and O–H groups in total. The highest BCUT2D eigenvalue weighted by Gasteiger charge is 2.35. The van der Waals surface area contributed by atoms with Crippen LogP contribution in [-0.4, -0.2) is 17.6 Å². The molecule has 0 saturated carbocycles. The van der Waals surface area contributed by atoms with Crippen molar-refractivity contribution >= 4 is 11.7 Å². The Bertz CT molecular complexity index is 490. The second kappa shape index (κ2) is 5.73. The first kappa shape index (κ1) is 16.3. The summed E-state index contributed by atoms with van der Waals surface area (Å²) in [6.45, 7) is 6.61. The van der Waals surface area contributed by atoms with Crippen molar-refractivity contribution in [1.29, 1.82) is 0 Å². The molecule has 6 heteroatoms. The molecule has 0 aliphatic carbocycles. The van der Waals surface area contributed by atoms with Crippen molar-refractivity contribution in [2.45, 2.75) is 33.4 Å². The fraction of sp³-hybridized carbons (Fsp3) is 0.500. The van der Waals surface area contributed by atoms with E-state index in [1.165, 1.54) is 6.07 Å². The molecule has 0 aromatic heterocycles. The molecule has 0 spiro atoms. The summed E-state index contributed by atoms with van der Waals surface area (Å²) >= 11 is 0. The van der Waals surface area contributed by atoms with E-state index in [2.05, 4.69) is 5.32 Å². The number of carboxylic acids is 1. The molecule has 0 atom stereocenters. The number of rotatable bonds is 4. The van der Waals surface area contributed by atoms with Gasteiger partial charge in [-0.15, -0.1) is 0 Å². The van der Waals surface area contributed by atoms with Gasteiger partial charge in [0.2, 0.25) is 0 Å². The van der Waals surface area contributed by atoms with E-state index in [1.807, 2.05) is 20.8 Å². The minimum Gasteiger partial charge on any atom is -0.478 e. The Morgan fingerprint density at radius 1 is 1.25 bits per heavy atom. The van der Waals surface area contributed by atoms with Gasteiger partial charge in [-0.05, 0) is 30.0 Å². The van der Waals surface area contributed by atoms with Crippen molar-refractivity contribution in [3.05, 3.63) is 29.3 Å². The molecular formula is C14H18F3NO2. The molecule has 0 unspecified atom stereocenters. The van der Waals surface area contributed by atoms with Gasteiger partial charge < -0.3 is 10.4 Å². The Labute approximate surface area is 115 Å². The Morgan fingerprint density at radius 3 is 2.30 bits per heavy atom. The van der Waals surface area contributed by atoms with Crippen LogP contribution in [0.2, 0.25) is 0 Å². The molecule has 0 radical (unpaired) electrons. The zero-order valence-electron chi connectivity index (χ0n) is 11.6. The smallest absolute Gasteiger partial charge is 0.417 e. The van der Waals surface area contributed by atoms with Crippen molar-refractivity contribution in [2.75, 3.05) is 11.9 Å². The predicted octanol–water partition coefficient (Wildman–Crippen LogP) is 4.25. The van der Waals surface area contributed by atoms with Gasteiger partial charge in [-0.2, -0.15) is 13.2 Å². The number of aromatic carboxylic acids is 1. The third kappa shape index (κ3) is 4.75. The number of benzene rings is 1. The summed E-state index contributed by atoms with van der Waals surface area (Å²) in [7, 11) is 0. The highest BCUT2D eigenvalue weighted by Crippen LogP contribution is 2.34. The minimum atomic E-state index is -4.69. The Hall–Kier alpha value is -1.72. The molecule has 20 heavy (non-hydrogen) atoms. The van der Waals surface area contributed by atoms with E-state index in [1.54, 1.807) is 0 Å². The van der Waals surface area contributed by atoms with Gasteiger partial charge >= 0.3 is 12.1 Å². The monoisotopic (exact) mass is 289 g/mol. The zero-order valence-corrected chi connectivity index (χ0v) is 11.6. The van der Waals surface area contributed by atoms with E-state index in [4.69, 9.17) is 5.11 Å². The second-order valence-corrected chi connectivity index (χ2v) is 5.80. The molecule has 3 nitrogen and oxygen atoms in total. The Kier molecular flexibility index (Phi) is 4.68. The predicted molar refractivity (Wildman–Crippen MR) is 71.0 cm³/mol. The highest BCUT2D eigenvalue weighted by molar-refractivity contribution is 5.90. The third-order valence-electron chi connectivity index (χ3n) is 2.76. The first-order chi connectivity index (χ1) is 9.00. The molecule has 0 aliphatic rings. The van der Waals surface area contributed by atoms with Crippen LogP contribution in [0, 0.1) is 5.41 Å². The Morgan fingerprint density at radius 2 is 1.85 bits per heavy atom. The van der Waals surface area contributed by atoms with Crippen LogP contribution >= 0.6 is 0 Å². The molecule has 1 aromatic rings. The van der Waals surface area contributed by atoms with Crippen molar-refractivity contribution in [3.8, 4) is 0 Å². The van der Waals surface area contributed by atoms with Crippen LogP contribution in [0.15, 0.2) is 18.2 Å². The minimum absolute atomic E-state index is 0.0703. The summed E-state index contributed by atoms with van der Waals surface area (Å²) in [5.74, 6) is -1.58. The van der Waals surface area contributed by atoms with Crippen LogP contribution in [0.4, 0.5) is 18.9 Å². The maximum atomic E-state index is 12.8. The van der Waals surface area contributed by atoms with Gasteiger partial charge in [0, 0.05) is 12.2 Å². The van der Waals surface area contributed by atoms with Gasteiger partial charge in [0.15, 0.2) is 0 Å². The number of carbonyl (C=O) groups is 1. The number of nitrogens with one attached hydrogen (secondary N) is 1. The number of hydrogen-bond acceptors (Lipinski definition) is 2. The molecule has 0 bridgehead atoms. The van der Waals surface area contributed by atoms with E-state index in [9.17, 15) is 18.0 Å². The van der Waals surface area contributed by atoms with Gasteiger partial charge in [-0.1, -0.05) is 20.8 Å².